The number of halogens is 1. The fraction of sp³-hybridized carbons (Fsp3) is 0.0909. The number of hydrogen-bond acceptors (Lipinski definition) is 9. The van der Waals surface area contributed by atoms with E-state index in [1.165, 1.54) is 0 Å². The quantitative estimate of drug-likeness (QED) is 0.0279. The van der Waals surface area contributed by atoms with Crippen molar-refractivity contribution in [3.05, 3.63) is 216 Å². The van der Waals surface area contributed by atoms with E-state index in [-0.39, 0.29) is 11.5 Å². The zero-order valence-electron chi connectivity index (χ0n) is 28.9. The summed E-state index contributed by atoms with van der Waals surface area (Å²) in [7, 11) is 0. The topological polar surface area (TPSA) is 85.7 Å². The van der Waals surface area contributed by atoms with Crippen molar-refractivity contribution in [2.75, 3.05) is 12.0 Å². The lowest BCUT2D eigenvalue weighted by Gasteiger charge is -2.36. The van der Waals surface area contributed by atoms with Crippen LogP contribution in [0.1, 0.15) is 39.7 Å². The Morgan fingerprint density at radius 2 is 1.13 bits per heavy atom. The lowest BCUT2D eigenvalue weighted by atomic mass is 9.77. The van der Waals surface area contributed by atoms with Crippen LogP contribution in [-0.2, 0) is 19.9 Å². The maximum Gasteiger partial charge on any atom is 0.365 e. The van der Waals surface area contributed by atoms with Crippen LogP contribution in [0.15, 0.2) is 192 Å². The molecule has 6 aromatic carbocycles. The molecule has 7 rings (SSSR count). The fourth-order valence-electron chi connectivity index (χ4n) is 6.07. The van der Waals surface area contributed by atoms with Gasteiger partial charge in [0.2, 0.25) is 22.1 Å². The average molecular weight is 751 g/mol. The van der Waals surface area contributed by atoms with Crippen LogP contribution in [0, 0.1) is 0 Å². The van der Waals surface area contributed by atoms with Crippen molar-refractivity contribution in [1.29, 1.82) is 0 Å². The van der Waals surface area contributed by atoms with Gasteiger partial charge in [0, 0.05) is 16.4 Å². The number of carbonyl (C=O) groups is 1. The summed E-state index contributed by atoms with van der Waals surface area (Å²) in [6.45, 7) is -0.868. The number of carbonyl (C=O) groups excluding carboxylic acids is 1. The van der Waals surface area contributed by atoms with E-state index >= 15 is 0 Å². The number of oxime groups is 1. The summed E-state index contributed by atoms with van der Waals surface area (Å²) < 4.78 is 25.1. The minimum absolute atomic E-state index is 0.0298. The molecule has 0 bridgehead atoms. The monoisotopic (exact) mass is 750 g/mol. The van der Waals surface area contributed by atoms with Crippen molar-refractivity contribution < 1.29 is 18.8 Å². The minimum Gasteiger partial charge on any atom is -0.448 e. The third-order valence-electron chi connectivity index (χ3n) is 8.57. The first kappa shape index (κ1) is 36.3. The number of nitrogens with one attached hydrogen (secondary N) is 1. The van der Waals surface area contributed by atoms with Gasteiger partial charge in [-0.2, -0.15) is 9.36 Å². The van der Waals surface area contributed by atoms with Gasteiger partial charge in [-0.05, 0) is 39.9 Å². The van der Waals surface area contributed by atoms with Crippen molar-refractivity contribution >= 4 is 40.1 Å². The molecule has 268 valence electrons. The molecule has 0 aliphatic rings. The number of rotatable bonds is 15. The molecule has 0 amide bonds. The van der Waals surface area contributed by atoms with E-state index in [0.717, 1.165) is 56.0 Å². The summed E-state index contributed by atoms with van der Waals surface area (Å²) in [4.78, 5) is 25.6. The van der Waals surface area contributed by atoms with Gasteiger partial charge < -0.3 is 14.9 Å². The summed E-state index contributed by atoms with van der Waals surface area (Å²) in [5.74, 6) is -0.863. The zero-order valence-corrected chi connectivity index (χ0v) is 30.6. The standard InChI is InChI=1S/C44H35FN4O3S2/c45-31-38(53-37-29-17-6-18-30-37)52-48-39(42(50)51-40(32-19-7-1-8-20-32)33-21-9-2-10-22-33)41-46-43(54-49-41)47-44(34-23-11-3-12-24-34,35-25-13-4-14-26-35)36-27-15-5-16-28-36/h1-30,38,40H,31H2,(H,46,47,49). The predicted molar refractivity (Wildman–Crippen MR) is 213 cm³/mol. The summed E-state index contributed by atoms with van der Waals surface area (Å²) in [5, 5.41) is 8.32. The van der Waals surface area contributed by atoms with Crippen LogP contribution in [0.25, 0.3) is 0 Å². The van der Waals surface area contributed by atoms with Gasteiger partial charge in [-0.15, -0.1) is 0 Å². The molecule has 7 aromatic rings. The van der Waals surface area contributed by atoms with Crippen molar-refractivity contribution in [2.24, 2.45) is 5.16 Å². The summed E-state index contributed by atoms with van der Waals surface area (Å²) >= 11 is 2.21. The molecule has 1 unspecified atom stereocenters. The van der Waals surface area contributed by atoms with E-state index in [9.17, 15) is 9.18 Å². The van der Waals surface area contributed by atoms with Gasteiger partial charge in [0.25, 0.3) is 0 Å². The van der Waals surface area contributed by atoms with E-state index in [0.29, 0.717) is 5.13 Å². The van der Waals surface area contributed by atoms with Crippen LogP contribution < -0.4 is 5.32 Å². The summed E-state index contributed by atoms with van der Waals surface area (Å²) in [5.41, 5.74) is 2.16. The number of benzene rings is 6. The second kappa shape index (κ2) is 17.6. The molecule has 0 aliphatic heterocycles. The van der Waals surface area contributed by atoms with Gasteiger partial charge in [-0.25, -0.2) is 9.18 Å². The van der Waals surface area contributed by atoms with E-state index < -0.39 is 29.7 Å². The highest BCUT2D eigenvalue weighted by Crippen LogP contribution is 2.40. The second-order valence-electron chi connectivity index (χ2n) is 12.1. The Bertz CT molecular complexity index is 2110. The van der Waals surface area contributed by atoms with Gasteiger partial charge in [0.15, 0.2) is 6.10 Å². The Kier molecular flexibility index (Phi) is 11.8. The zero-order chi connectivity index (χ0) is 37.0. The Labute approximate surface area is 321 Å². The van der Waals surface area contributed by atoms with Crippen LogP contribution >= 0.6 is 23.3 Å². The van der Waals surface area contributed by atoms with Crippen molar-refractivity contribution in [3.8, 4) is 0 Å². The maximum atomic E-state index is 14.4. The third-order valence-corrected chi connectivity index (χ3v) is 10.2. The summed E-state index contributed by atoms with van der Waals surface area (Å²) in [6.07, 6.45) is -0.779. The van der Waals surface area contributed by atoms with Crippen LogP contribution in [0.5, 0.6) is 0 Å². The number of thioether (sulfide) groups is 1. The molecule has 54 heavy (non-hydrogen) atoms. The average Bonchev–Trinajstić information content (AvgIpc) is 3.71. The molecule has 0 fully saturated rings. The van der Waals surface area contributed by atoms with E-state index in [4.69, 9.17) is 14.6 Å². The lowest BCUT2D eigenvalue weighted by molar-refractivity contribution is -0.139. The van der Waals surface area contributed by atoms with Crippen LogP contribution in [0.3, 0.4) is 0 Å². The second-order valence-corrected chi connectivity index (χ2v) is 14.0. The van der Waals surface area contributed by atoms with Gasteiger partial charge in [0.1, 0.15) is 12.2 Å². The van der Waals surface area contributed by atoms with Crippen LogP contribution in [0.4, 0.5) is 9.52 Å². The smallest absolute Gasteiger partial charge is 0.365 e. The fourth-order valence-corrected chi connectivity index (χ4v) is 7.46. The SMILES string of the molecule is O=C(OC(c1ccccc1)c1ccccc1)C(=NOC(CF)Sc1ccccc1)c1nsc(NC(c2ccccc2)(c2ccccc2)c2ccccc2)n1. The number of alkyl halides is 1. The molecule has 0 radical (unpaired) electrons. The van der Waals surface area contributed by atoms with Crippen LogP contribution in [0.2, 0.25) is 0 Å². The molecule has 1 aromatic heterocycles. The molecule has 10 heteroatoms. The molecule has 0 saturated carbocycles. The first-order chi connectivity index (χ1) is 26.6. The van der Waals surface area contributed by atoms with E-state index in [1.807, 2.05) is 146 Å². The van der Waals surface area contributed by atoms with Gasteiger partial charge in [-0.3, -0.25) is 0 Å². The Morgan fingerprint density at radius 1 is 0.685 bits per heavy atom. The number of aromatic nitrogens is 2. The molecule has 0 spiro atoms. The van der Waals surface area contributed by atoms with Gasteiger partial charge >= 0.3 is 5.97 Å². The first-order valence-corrected chi connectivity index (χ1v) is 18.9. The van der Waals surface area contributed by atoms with Gasteiger partial charge in [-0.1, -0.05) is 187 Å². The predicted octanol–water partition coefficient (Wildman–Crippen LogP) is 10.1. The highest BCUT2D eigenvalue weighted by Gasteiger charge is 2.38. The highest BCUT2D eigenvalue weighted by atomic mass is 32.2. The minimum atomic E-state index is -1.05. The highest BCUT2D eigenvalue weighted by molar-refractivity contribution is 7.99. The number of hydrogen-bond donors (Lipinski definition) is 1. The van der Waals surface area contributed by atoms with Crippen molar-refractivity contribution in [3.63, 3.8) is 0 Å². The van der Waals surface area contributed by atoms with Crippen molar-refractivity contribution in [1.82, 2.24) is 9.36 Å². The maximum absolute atomic E-state index is 14.4. The van der Waals surface area contributed by atoms with E-state index in [1.54, 1.807) is 0 Å². The number of ether oxygens (including phenoxy) is 1. The molecular weight excluding hydrogens is 716 g/mol. The molecule has 7 nitrogen and oxygen atoms in total. The molecular formula is C44H35FN4O3S2. The molecule has 0 saturated heterocycles. The Hall–Kier alpha value is -6.10. The normalized spacial score (nSPS) is 12.2. The Morgan fingerprint density at radius 3 is 1.59 bits per heavy atom. The summed E-state index contributed by atoms with van der Waals surface area (Å²) in [6, 6.07) is 58.3. The number of anilines is 1. The van der Waals surface area contributed by atoms with Crippen molar-refractivity contribution in [2.45, 2.75) is 22.0 Å². The number of nitrogens with zero attached hydrogens (tertiary/aromatic N) is 3. The Balaban J connectivity index is 1.28. The molecule has 1 heterocycles. The third kappa shape index (κ3) is 8.41. The molecule has 0 aliphatic carbocycles. The molecule has 1 N–H and O–H groups in total. The lowest BCUT2D eigenvalue weighted by Crippen LogP contribution is -2.38. The van der Waals surface area contributed by atoms with Gasteiger partial charge in [0.05, 0.1) is 0 Å². The first-order valence-electron chi connectivity index (χ1n) is 17.3. The largest absolute Gasteiger partial charge is 0.448 e. The molecule has 1 atom stereocenters. The van der Waals surface area contributed by atoms with E-state index in [2.05, 4.69) is 51.2 Å². The van der Waals surface area contributed by atoms with Crippen LogP contribution in [-0.4, -0.2) is 33.1 Å². The number of esters is 1.